The van der Waals surface area contributed by atoms with Crippen LogP contribution >= 0.6 is 22.9 Å². The summed E-state index contributed by atoms with van der Waals surface area (Å²) >= 11 is 6.77. The van der Waals surface area contributed by atoms with E-state index in [9.17, 15) is 32.3 Å². The highest BCUT2D eigenvalue weighted by molar-refractivity contribution is 7.18. The third-order valence-electron chi connectivity index (χ3n) is 4.72. The highest BCUT2D eigenvalue weighted by Gasteiger charge is 2.26. The lowest BCUT2D eigenvalue weighted by atomic mass is 10.2. The Balaban J connectivity index is 1.69. The summed E-state index contributed by atoms with van der Waals surface area (Å²) in [6.07, 6.45) is -4.28. The number of amides is 4. The Morgan fingerprint density at radius 3 is 2.64 bits per heavy atom. The van der Waals surface area contributed by atoms with Crippen molar-refractivity contribution in [3.63, 3.8) is 0 Å². The summed E-state index contributed by atoms with van der Waals surface area (Å²) in [5, 5.41) is 6.72. The number of anilines is 2. The van der Waals surface area contributed by atoms with Crippen molar-refractivity contribution < 1.29 is 41.8 Å². The van der Waals surface area contributed by atoms with Crippen LogP contribution < -0.4 is 20.9 Å². The van der Waals surface area contributed by atoms with Crippen molar-refractivity contribution >= 4 is 58.1 Å². The summed E-state index contributed by atoms with van der Waals surface area (Å²) in [6.45, 7) is -1.32. The normalized spacial score (nSPS) is 14.4. The second kappa shape index (κ2) is 12.6. The predicted molar refractivity (Wildman–Crippen MR) is 124 cm³/mol. The number of nitrogens with zero attached hydrogens (tertiary/aromatic N) is 1. The largest absolute Gasteiger partial charge is 0.443 e. The first-order chi connectivity index (χ1) is 17.1. The van der Waals surface area contributed by atoms with Crippen LogP contribution in [0.15, 0.2) is 30.3 Å². The van der Waals surface area contributed by atoms with Gasteiger partial charge in [-0.25, -0.2) is 18.0 Å². The van der Waals surface area contributed by atoms with Crippen molar-refractivity contribution in [3.05, 3.63) is 45.4 Å². The molecule has 1 saturated heterocycles. The minimum Gasteiger partial charge on any atom is -0.443 e. The molecule has 0 aliphatic carbocycles. The molecule has 0 saturated carbocycles. The van der Waals surface area contributed by atoms with Gasteiger partial charge < -0.3 is 30.3 Å². The molecule has 1 atom stereocenters. The third kappa shape index (κ3) is 7.57. The van der Waals surface area contributed by atoms with Gasteiger partial charge >= 0.3 is 6.09 Å². The molecule has 0 spiro atoms. The molecule has 2 heterocycles. The maximum Gasteiger partial charge on any atom is 0.408 e. The number of alkyl carbamates (subject to hydrolysis) is 1. The molecule has 1 aromatic carbocycles. The van der Waals surface area contributed by atoms with Crippen LogP contribution in [0.25, 0.3) is 0 Å². The number of alkyl halides is 2. The lowest BCUT2D eigenvalue weighted by Gasteiger charge is -2.27. The lowest BCUT2D eigenvalue weighted by Crippen LogP contribution is -2.51. The fourth-order valence-electron chi connectivity index (χ4n) is 3.03. The maximum absolute atomic E-state index is 14.7. The van der Waals surface area contributed by atoms with Gasteiger partial charge in [-0.05, 0) is 30.3 Å². The highest BCUT2D eigenvalue weighted by Crippen LogP contribution is 2.24. The number of hydrogen-bond acceptors (Lipinski definition) is 7. The molecular weight excluding hydrogens is 529 g/mol. The number of hydrogen-bond donors (Lipinski definition) is 3. The maximum atomic E-state index is 14.7. The molecule has 36 heavy (non-hydrogen) atoms. The monoisotopic (exact) mass is 548 g/mol. The molecule has 3 N–H and O–H groups in total. The van der Waals surface area contributed by atoms with Crippen molar-refractivity contribution in [1.82, 2.24) is 10.6 Å². The Morgan fingerprint density at radius 2 is 2.00 bits per heavy atom. The van der Waals surface area contributed by atoms with Gasteiger partial charge in [-0.15, -0.1) is 11.3 Å². The van der Waals surface area contributed by atoms with Crippen molar-refractivity contribution in [2.45, 2.75) is 12.5 Å². The van der Waals surface area contributed by atoms with E-state index >= 15 is 0 Å². The zero-order valence-electron chi connectivity index (χ0n) is 18.4. The van der Waals surface area contributed by atoms with E-state index in [0.717, 1.165) is 17.4 Å². The van der Waals surface area contributed by atoms with Gasteiger partial charge in [0.1, 0.15) is 18.5 Å². The van der Waals surface area contributed by atoms with E-state index in [1.54, 1.807) is 0 Å². The standard InChI is InChI=1S/C21H20ClF3N4O6S/c22-16-4-3-15(36-16)20(32)26-8-14(28-21(33)35-9-17(24)25)19(31)27-13-2-1-11(7-12(13)23)29-5-6-34-10-18(29)30/h1-4,7,14,17H,5-6,8-10H2,(H,26,32)(H,27,31)(H,28,33)/t14-/m1/s1. The van der Waals surface area contributed by atoms with Crippen LogP contribution in [-0.2, 0) is 19.1 Å². The number of thiophene rings is 1. The van der Waals surface area contributed by atoms with E-state index in [4.69, 9.17) is 16.3 Å². The van der Waals surface area contributed by atoms with E-state index < -0.39 is 49.3 Å². The first kappa shape index (κ1) is 27.2. The molecule has 0 unspecified atom stereocenters. The number of carbonyl (C=O) groups is 4. The minimum atomic E-state index is -2.93. The van der Waals surface area contributed by atoms with Gasteiger partial charge in [0.25, 0.3) is 18.2 Å². The second-order valence-electron chi connectivity index (χ2n) is 7.25. The van der Waals surface area contributed by atoms with Crippen LogP contribution in [0.4, 0.5) is 29.3 Å². The number of nitrogens with one attached hydrogen (secondary N) is 3. The molecule has 1 aliphatic heterocycles. The van der Waals surface area contributed by atoms with Crippen molar-refractivity contribution in [3.8, 4) is 0 Å². The number of morpholine rings is 1. The molecule has 10 nitrogen and oxygen atoms in total. The number of rotatable bonds is 9. The van der Waals surface area contributed by atoms with Gasteiger partial charge in [0, 0.05) is 18.8 Å². The summed E-state index contributed by atoms with van der Waals surface area (Å²) in [4.78, 5) is 50.4. The Kier molecular flexibility index (Phi) is 9.50. The Hall–Kier alpha value is -3.36. The van der Waals surface area contributed by atoms with Gasteiger partial charge in [0.15, 0.2) is 6.61 Å². The van der Waals surface area contributed by atoms with Crippen LogP contribution in [0.2, 0.25) is 4.34 Å². The van der Waals surface area contributed by atoms with E-state index in [0.29, 0.717) is 4.34 Å². The number of halogens is 4. The molecule has 0 radical (unpaired) electrons. The van der Waals surface area contributed by atoms with Crippen molar-refractivity contribution in [1.29, 1.82) is 0 Å². The topological polar surface area (TPSA) is 126 Å². The zero-order valence-corrected chi connectivity index (χ0v) is 20.0. The smallest absolute Gasteiger partial charge is 0.408 e. The van der Waals surface area contributed by atoms with Crippen molar-refractivity contribution in [2.24, 2.45) is 0 Å². The first-order valence-electron chi connectivity index (χ1n) is 10.4. The molecule has 2 aromatic rings. The summed E-state index contributed by atoms with van der Waals surface area (Å²) < 4.78 is 49.1. The second-order valence-corrected chi connectivity index (χ2v) is 8.97. The molecule has 1 aliphatic rings. The van der Waals surface area contributed by atoms with E-state index in [-0.39, 0.29) is 41.9 Å². The van der Waals surface area contributed by atoms with Crippen LogP contribution in [0.1, 0.15) is 9.67 Å². The fraction of sp³-hybridized carbons (Fsp3) is 0.333. The van der Waals surface area contributed by atoms with Crippen LogP contribution in [-0.4, -0.2) is 69.2 Å². The van der Waals surface area contributed by atoms with E-state index in [2.05, 4.69) is 20.7 Å². The molecule has 3 rings (SSSR count). The molecule has 1 aromatic heterocycles. The van der Waals surface area contributed by atoms with E-state index in [1.807, 2.05) is 0 Å². The molecular formula is C21H20ClF3N4O6S. The highest BCUT2D eigenvalue weighted by atomic mass is 35.5. The van der Waals surface area contributed by atoms with Gasteiger partial charge in [-0.3, -0.25) is 14.4 Å². The van der Waals surface area contributed by atoms with Crippen LogP contribution in [0.3, 0.4) is 0 Å². The summed E-state index contributed by atoms with van der Waals surface area (Å²) in [7, 11) is 0. The number of carbonyl (C=O) groups excluding carboxylic acids is 4. The Bertz CT molecular complexity index is 1130. The van der Waals surface area contributed by atoms with Gasteiger partial charge in [-0.1, -0.05) is 11.6 Å². The fourth-order valence-corrected chi connectivity index (χ4v) is 3.99. The summed E-state index contributed by atoms with van der Waals surface area (Å²) in [5.41, 5.74) is -0.0282. The van der Waals surface area contributed by atoms with Gasteiger partial charge in [0.2, 0.25) is 5.91 Å². The lowest BCUT2D eigenvalue weighted by molar-refractivity contribution is -0.125. The molecule has 1 fully saturated rings. The Morgan fingerprint density at radius 1 is 1.22 bits per heavy atom. The van der Waals surface area contributed by atoms with Crippen LogP contribution in [0, 0.1) is 5.82 Å². The van der Waals surface area contributed by atoms with Gasteiger partial charge in [-0.2, -0.15) is 0 Å². The van der Waals surface area contributed by atoms with Crippen molar-refractivity contribution in [2.75, 3.05) is 43.1 Å². The number of benzene rings is 1. The van der Waals surface area contributed by atoms with Gasteiger partial charge in [0.05, 0.1) is 21.5 Å². The van der Waals surface area contributed by atoms with Crippen LogP contribution in [0.5, 0.6) is 0 Å². The molecule has 194 valence electrons. The summed E-state index contributed by atoms with van der Waals surface area (Å²) in [6, 6.07) is 5.07. The molecule has 15 heteroatoms. The third-order valence-corrected chi connectivity index (χ3v) is 5.95. The quantitative estimate of drug-likeness (QED) is 0.442. The Labute approximate surface area is 211 Å². The average Bonchev–Trinajstić information content (AvgIpc) is 3.28. The zero-order chi connectivity index (χ0) is 26.2. The summed E-state index contributed by atoms with van der Waals surface area (Å²) in [5.74, 6) is -2.82. The molecule has 0 bridgehead atoms. The first-order valence-corrected chi connectivity index (χ1v) is 11.6. The van der Waals surface area contributed by atoms with E-state index in [1.165, 1.54) is 29.2 Å². The molecule has 4 amide bonds. The average molecular weight is 549 g/mol. The number of ether oxygens (including phenoxy) is 2. The SMILES string of the molecule is O=C(N[C@H](CNC(=O)c1ccc(Cl)s1)C(=O)Nc1ccc(N2CCOCC2=O)cc1F)OCC(F)F. The minimum absolute atomic E-state index is 0.140. The predicted octanol–water partition coefficient (Wildman–Crippen LogP) is 2.63.